The van der Waals surface area contributed by atoms with E-state index in [1.807, 2.05) is 38.1 Å². The van der Waals surface area contributed by atoms with E-state index in [1.54, 1.807) is 12.1 Å². The smallest absolute Gasteiger partial charge is 0.239 e. The number of rotatable bonds is 6. The first-order chi connectivity index (χ1) is 9.74. The SMILES string of the molecule is CCOc1ccccc1Nc1ccc(N)c(OCC)n1. The van der Waals surface area contributed by atoms with E-state index < -0.39 is 0 Å². The van der Waals surface area contributed by atoms with Crippen molar-refractivity contribution in [1.29, 1.82) is 0 Å². The predicted octanol–water partition coefficient (Wildman–Crippen LogP) is 3.20. The molecule has 0 fully saturated rings. The van der Waals surface area contributed by atoms with E-state index in [0.29, 0.717) is 30.6 Å². The van der Waals surface area contributed by atoms with Crippen molar-refractivity contribution in [2.75, 3.05) is 24.3 Å². The third-order valence-electron chi connectivity index (χ3n) is 2.62. The summed E-state index contributed by atoms with van der Waals surface area (Å²) in [5.74, 6) is 1.88. The van der Waals surface area contributed by atoms with E-state index in [9.17, 15) is 0 Å². The van der Waals surface area contributed by atoms with Gasteiger partial charge < -0.3 is 20.5 Å². The van der Waals surface area contributed by atoms with Gasteiger partial charge in [0.15, 0.2) is 0 Å². The second kappa shape index (κ2) is 6.65. The second-order valence-electron chi connectivity index (χ2n) is 4.08. The van der Waals surface area contributed by atoms with Crippen molar-refractivity contribution in [3.05, 3.63) is 36.4 Å². The number of pyridine rings is 1. The summed E-state index contributed by atoms with van der Waals surface area (Å²) in [5, 5.41) is 3.21. The van der Waals surface area contributed by atoms with Gasteiger partial charge in [0, 0.05) is 0 Å². The number of aromatic nitrogens is 1. The van der Waals surface area contributed by atoms with Gasteiger partial charge in [-0.1, -0.05) is 12.1 Å². The third kappa shape index (κ3) is 3.32. The Hall–Kier alpha value is -2.43. The Labute approximate surface area is 118 Å². The molecule has 5 heteroatoms. The van der Waals surface area contributed by atoms with Crippen LogP contribution in [-0.2, 0) is 0 Å². The van der Waals surface area contributed by atoms with Crippen molar-refractivity contribution in [2.24, 2.45) is 0 Å². The molecule has 0 aliphatic rings. The van der Waals surface area contributed by atoms with Crippen molar-refractivity contribution in [3.8, 4) is 11.6 Å². The van der Waals surface area contributed by atoms with Crippen LogP contribution in [0.3, 0.4) is 0 Å². The number of hydrogen-bond donors (Lipinski definition) is 2. The Morgan fingerprint density at radius 3 is 2.55 bits per heavy atom. The molecule has 106 valence electrons. The normalized spacial score (nSPS) is 10.1. The number of para-hydroxylation sites is 2. The van der Waals surface area contributed by atoms with Crippen LogP contribution in [0.5, 0.6) is 11.6 Å². The molecule has 0 bridgehead atoms. The lowest BCUT2D eigenvalue weighted by Gasteiger charge is -2.13. The van der Waals surface area contributed by atoms with Gasteiger partial charge >= 0.3 is 0 Å². The molecule has 1 aromatic carbocycles. The largest absolute Gasteiger partial charge is 0.492 e. The Kier molecular flexibility index (Phi) is 4.65. The fourth-order valence-corrected chi connectivity index (χ4v) is 1.76. The molecule has 0 amide bonds. The zero-order chi connectivity index (χ0) is 14.4. The first kappa shape index (κ1) is 14.0. The molecule has 0 atom stereocenters. The van der Waals surface area contributed by atoms with E-state index in [-0.39, 0.29) is 0 Å². The van der Waals surface area contributed by atoms with E-state index in [0.717, 1.165) is 11.4 Å². The van der Waals surface area contributed by atoms with Gasteiger partial charge in [-0.3, -0.25) is 0 Å². The monoisotopic (exact) mass is 273 g/mol. The van der Waals surface area contributed by atoms with Gasteiger partial charge in [-0.25, -0.2) is 0 Å². The molecule has 20 heavy (non-hydrogen) atoms. The number of nitrogens with zero attached hydrogens (tertiary/aromatic N) is 1. The highest BCUT2D eigenvalue weighted by Crippen LogP contribution is 2.28. The molecule has 0 unspecified atom stereocenters. The van der Waals surface area contributed by atoms with Crippen LogP contribution in [0.25, 0.3) is 0 Å². The molecule has 0 spiro atoms. The summed E-state index contributed by atoms with van der Waals surface area (Å²) in [6.07, 6.45) is 0. The van der Waals surface area contributed by atoms with Crippen molar-refractivity contribution in [2.45, 2.75) is 13.8 Å². The molecule has 2 aromatic rings. The number of benzene rings is 1. The van der Waals surface area contributed by atoms with E-state index >= 15 is 0 Å². The number of hydrogen-bond acceptors (Lipinski definition) is 5. The van der Waals surface area contributed by atoms with Crippen LogP contribution in [-0.4, -0.2) is 18.2 Å². The minimum atomic E-state index is 0.436. The van der Waals surface area contributed by atoms with E-state index in [2.05, 4.69) is 10.3 Å². The van der Waals surface area contributed by atoms with E-state index in [1.165, 1.54) is 0 Å². The molecule has 5 nitrogen and oxygen atoms in total. The summed E-state index contributed by atoms with van der Waals surface area (Å²) in [6.45, 7) is 4.98. The highest BCUT2D eigenvalue weighted by molar-refractivity contribution is 5.66. The maximum Gasteiger partial charge on any atom is 0.239 e. The molecule has 2 rings (SSSR count). The summed E-state index contributed by atoms with van der Waals surface area (Å²) < 4.78 is 10.9. The highest BCUT2D eigenvalue weighted by atomic mass is 16.5. The molecular weight excluding hydrogens is 254 g/mol. The lowest BCUT2D eigenvalue weighted by molar-refractivity contribution is 0.329. The number of anilines is 3. The zero-order valence-electron chi connectivity index (χ0n) is 11.7. The fourth-order valence-electron chi connectivity index (χ4n) is 1.76. The van der Waals surface area contributed by atoms with Crippen LogP contribution >= 0.6 is 0 Å². The number of nitrogens with one attached hydrogen (secondary N) is 1. The number of nitrogen functional groups attached to an aromatic ring is 1. The summed E-state index contributed by atoms with van der Waals surface area (Å²) >= 11 is 0. The summed E-state index contributed by atoms with van der Waals surface area (Å²) in [6, 6.07) is 11.3. The summed E-state index contributed by atoms with van der Waals surface area (Å²) in [4.78, 5) is 4.34. The standard InChI is InChI=1S/C15H19N3O2/c1-3-19-13-8-6-5-7-12(13)17-14-10-9-11(16)15(18-14)20-4-2/h5-10H,3-4,16H2,1-2H3,(H,17,18). The molecule has 1 heterocycles. The van der Waals surface area contributed by atoms with Crippen molar-refractivity contribution in [3.63, 3.8) is 0 Å². The van der Waals surface area contributed by atoms with Crippen LogP contribution in [0.15, 0.2) is 36.4 Å². The average molecular weight is 273 g/mol. The van der Waals surface area contributed by atoms with Crippen LogP contribution in [0, 0.1) is 0 Å². The Morgan fingerprint density at radius 2 is 1.80 bits per heavy atom. The molecule has 0 radical (unpaired) electrons. The minimum absolute atomic E-state index is 0.436. The highest BCUT2D eigenvalue weighted by Gasteiger charge is 2.07. The van der Waals surface area contributed by atoms with Crippen LogP contribution in [0.4, 0.5) is 17.2 Å². The lowest BCUT2D eigenvalue weighted by atomic mass is 10.3. The quantitative estimate of drug-likeness (QED) is 0.845. The molecule has 0 aliphatic carbocycles. The van der Waals surface area contributed by atoms with Gasteiger partial charge in [-0.15, -0.1) is 0 Å². The number of nitrogens with two attached hydrogens (primary N) is 1. The van der Waals surface area contributed by atoms with Gasteiger partial charge in [-0.2, -0.15) is 4.98 Å². The Bertz CT molecular complexity index is 573. The lowest BCUT2D eigenvalue weighted by Crippen LogP contribution is -2.03. The van der Waals surface area contributed by atoms with Crippen molar-refractivity contribution in [1.82, 2.24) is 4.98 Å². The van der Waals surface area contributed by atoms with Gasteiger partial charge in [0.05, 0.1) is 24.6 Å². The topological polar surface area (TPSA) is 69.4 Å². The van der Waals surface area contributed by atoms with Crippen LogP contribution in [0.2, 0.25) is 0 Å². The Morgan fingerprint density at radius 1 is 1.05 bits per heavy atom. The van der Waals surface area contributed by atoms with Crippen LogP contribution < -0.4 is 20.5 Å². The maximum atomic E-state index is 5.81. The molecular formula is C15H19N3O2. The number of ether oxygens (including phenoxy) is 2. The second-order valence-corrected chi connectivity index (χ2v) is 4.08. The molecule has 0 aliphatic heterocycles. The summed E-state index contributed by atoms with van der Waals surface area (Å²) in [7, 11) is 0. The van der Waals surface area contributed by atoms with Gasteiger partial charge in [0.2, 0.25) is 5.88 Å². The van der Waals surface area contributed by atoms with Gasteiger partial charge in [-0.05, 0) is 38.1 Å². The van der Waals surface area contributed by atoms with Gasteiger partial charge in [0.25, 0.3) is 0 Å². The third-order valence-corrected chi connectivity index (χ3v) is 2.62. The van der Waals surface area contributed by atoms with Crippen molar-refractivity contribution < 1.29 is 9.47 Å². The van der Waals surface area contributed by atoms with E-state index in [4.69, 9.17) is 15.2 Å². The van der Waals surface area contributed by atoms with Gasteiger partial charge in [0.1, 0.15) is 11.6 Å². The first-order valence-corrected chi connectivity index (χ1v) is 6.62. The first-order valence-electron chi connectivity index (χ1n) is 6.62. The Balaban J connectivity index is 2.23. The molecule has 3 N–H and O–H groups in total. The zero-order valence-corrected chi connectivity index (χ0v) is 11.7. The summed E-state index contributed by atoms with van der Waals surface area (Å²) in [5.41, 5.74) is 7.19. The predicted molar refractivity (Wildman–Crippen MR) is 80.7 cm³/mol. The molecule has 0 saturated carbocycles. The van der Waals surface area contributed by atoms with Crippen molar-refractivity contribution >= 4 is 17.2 Å². The maximum absolute atomic E-state index is 5.81. The average Bonchev–Trinajstić information content (AvgIpc) is 2.45. The minimum Gasteiger partial charge on any atom is -0.492 e. The molecule has 0 saturated heterocycles. The van der Waals surface area contributed by atoms with Crippen LogP contribution in [0.1, 0.15) is 13.8 Å². The fraction of sp³-hybridized carbons (Fsp3) is 0.267. The molecule has 1 aromatic heterocycles.